The van der Waals surface area contributed by atoms with Gasteiger partial charge in [0.2, 0.25) is 0 Å². The van der Waals surface area contributed by atoms with Crippen LogP contribution in [0.2, 0.25) is 5.02 Å². The molecule has 0 amide bonds. The Kier molecular flexibility index (Phi) is 3.10. The van der Waals surface area contributed by atoms with E-state index < -0.39 is 0 Å². The minimum Gasteiger partial charge on any atom is -0.352 e. The van der Waals surface area contributed by atoms with E-state index in [9.17, 15) is 4.79 Å². The van der Waals surface area contributed by atoms with Crippen LogP contribution < -0.4 is 0 Å². The first-order chi connectivity index (χ1) is 9.28. The number of nitrogens with one attached hydrogen (secondary N) is 1. The summed E-state index contributed by atoms with van der Waals surface area (Å²) in [5, 5.41) is 1.82. The van der Waals surface area contributed by atoms with Crippen LogP contribution in [0.5, 0.6) is 0 Å². The van der Waals surface area contributed by atoms with Gasteiger partial charge in [-0.25, -0.2) is 0 Å². The largest absolute Gasteiger partial charge is 0.352 e. The molecule has 0 aliphatic rings. The van der Waals surface area contributed by atoms with Crippen LogP contribution in [0.1, 0.15) is 21.6 Å². The van der Waals surface area contributed by atoms with Gasteiger partial charge in [-0.1, -0.05) is 41.9 Å². The number of H-pyrrole nitrogens is 1. The fourth-order valence-corrected chi connectivity index (χ4v) is 2.44. The van der Waals surface area contributed by atoms with Crippen molar-refractivity contribution in [3.63, 3.8) is 0 Å². The first-order valence-electron chi connectivity index (χ1n) is 6.07. The molecule has 2 aromatic carbocycles. The van der Waals surface area contributed by atoms with Crippen LogP contribution in [-0.2, 0) is 6.42 Å². The van der Waals surface area contributed by atoms with Gasteiger partial charge < -0.3 is 4.98 Å². The Morgan fingerprint density at radius 1 is 1.05 bits per heavy atom. The summed E-state index contributed by atoms with van der Waals surface area (Å²) in [5.74, 6) is 0. The topological polar surface area (TPSA) is 32.9 Å². The van der Waals surface area contributed by atoms with E-state index in [1.807, 2.05) is 48.5 Å². The van der Waals surface area contributed by atoms with Gasteiger partial charge in [-0.2, -0.15) is 0 Å². The van der Waals surface area contributed by atoms with Gasteiger partial charge in [0.05, 0.1) is 5.69 Å². The van der Waals surface area contributed by atoms with Crippen LogP contribution in [-0.4, -0.2) is 11.3 Å². The van der Waals surface area contributed by atoms with E-state index in [4.69, 9.17) is 11.6 Å². The molecule has 0 aliphatic carbocycles. The van der Waals surface area contributed by atoms with E-state index in [0.29, 0.717) is 5.69 Å². The molecule has 2 nitrogen and oxygen atoms in total. The lowest BCUT2D eigenvalue weighted by atomic mass is 10.0. The Labute approximate surface area is 116 Å². The van der Waals surface area contributed by atoms with Gasteiger partial charge in [0.25, 0.3) is 0 Å². The summed E-state index contributed by atoms with van der Waals surface area (Å²) < 4.78 is 0. The molecule has 0 fully saturated rings. The molecule has 1 heterocycles. The number of carbonyl (C=O) groups is 1. The fourth-order valence-electron chi connectivity index (χ4n) is 2.32. The van der Waals surface area contributed by atoms with Gasteiger partial charge in [0.15, 0.2) is 6.29 Å². The summed E-state index contributed by atoms with van der Waals surface area (Å²) in [7, 11) is 0. The number of benzene rings is 2. The molecule has 1 aromatic heterocycles. The van der Waals surface area contributed by atoms with Crippen molar-refractivity contribution in [2.75, 3.05) is 0 Å². The van der Waals surface area contributed by atoms with E-state index in [1.54, 1.807) is 0 Å². The summed E-state index contributed by atoms with van der Waals surface area (Å²) in [6, 6.07) is 15.7. The normalized spacial score (nSPS) is 10.8. The molecule has 3 aromatic rings. The van der Waals surface area contributed by atoms with Crippen LogP contribution in [0.3, 0.4) is 0 Å². The Bertz CT molecular complexity index is 728. The Morgan fingerprint density at radius 3 is 2.53 bits per heavy atom. The highest BCUT2D eigenvalue weighted by Crippen LogP contribution is 2.24. The molecule has 3 rings (SSSR count). The second-order valence-corrected chi connectivity index (χ2v) is 4.92. The number of hydrogen-bond donors (Lipinski definition) is 1. The maximum atomic E-state index is 11.2. The third-order valence-electron chi connectivity index (χ3n) is 3.26. The maximum absolute atomic E-state index is 11.2. The molecule has 0 bridgehead atoms. The van der Waals surface area contributed by atoms with E-state index in [2.05, 4.69) is 4.98 Å². The van der Waals surface area contributed by atoms with Crippen LogP contribution in [0.15, 0.2) is 48.5 Å². The van der Waals surface area contributed by atoms with Crippen LogP contribution >= 0.6 is 11.6 Å². The van der Waals surface area contributed by atoms with Gasteiger partial charge in [-0.05, 0) is 29.3 Å². The molecular weight excluding hydrogens is 258 g/mol. The van der Waals surface area contributed by atoms with Gasteiger partial charge in [-0.15, -0.1) is 0 Å². The number of carbonyl (C=O) groups excluding carboxylic acids is 1. The third kappa shape index (κ3) is 2.27. The minimum absolute atomic E-state index is 0.649. The number of aromatic amines is 1. The van der Waals surface area contributed by atoms with E-state index in [0.717, 1.165) is 39.8 Å². The number of para-hydroxylation sites is 1. The van der Waals surface area contributed by atoms with E-state index in [-0.39, 0.29) is 0 Å². The highest BCUT2D eigenvalue weighted by atomic mass is 35.5. The monoisotopic (exact) mass is 269 g/mol. The molecule has 0 saturated carbocycles. The molecule has 0 spiro atoms. The van der Waals surface area contributed by atoms with Gasteiger partial charge in [0.1, 0.15) is 0 Å². The Hall–Kier alpha value is -2.06. The molecule has 0 radical (unpaired) electrons. The molecule has 19 heavy (non-hydrogen) atoms. The number of fused-ring (bicyclic) bond motifs is 1. The molecule has 0 atom stereocenters. The molecule has 0 unspecified atom stereocenters. The quantitative estimate of drug-likeness (QED) is 0.710. The third-order valence-corrected chi connectivity index (χ3v) is 3.51. The van der Waals surface area contributed by atoms with Crippen LogP contribution in [0, 0.1) is 0 Å². The summed E-state index contributed by atoms with van der Waals surface area (Å²) in [5.41, 5.74) is 3.81. The van der Waals surface area contributed by atoms with Crippen molar-refractivity contribution in [3.05, 3.63) is 70.4 Å². The number of hydrogen-bond acceptors (Lipinski definition) is 1. The number of rotatable bonds is 3. The standard InChI is InChI=1S/C16H12ClNO/c17-12-7-5-11(6-8-12)9-14-13-3-1-2-4-15(13)18-16(14)10-19/h1-8,10,18H,9H2. The second-order valence-electron chi connectivity index (χ2n) is 4.48. The lowest BCUT2D eigenvalue weighted by Gasteiger charge is -2.02. The van der Waals surface area contributed by atoms with E-state index in [1.165, 1.54) is 0 Å². The molecule has 0 saturated heterocycles. The molecular formula is C16H12ClNO. The highest BCUT2D eigenvalue weighted by Gasteiger charge is 2.10. The first kappa shape index (κ1) is 12.0. The van der Waals surface area contributed by atoms with Gasteiger partial charge >= 0.3 is 0 Å². The molecule has 0 aliphatic heterocycles. The highest BCUT2D eigenvalue weighted by molar-refractivity contribution is 6.30. The van der Waals surface area contributed by atoms with Crippen molar-refractivity contribution in [1.29, 1.82) is 0 Å². The average molecular weight is 270 g/mol. The first-order valence-corrected chi connectivity index (χ1v) is 6.45. The van der Waals surface area contributed by atoms with Crippen molar-refractivity contribution < 1.29 is 4.79 Å². The van der Waals surface area contributed by atoms with Gasteiger partial charge in [-0.3, -0.25) is 4.79 Å². The number of halogens is 1. The number of aromatic nitrogens is 1. The molecule has 94 valence electrons. The SMILES string of the molecule is O=Cc1[nH]c2ccccc2c1Cc1ccc(Cl)cc1. The van der Waals surface area contributed by atoms with E-state index >= 15 is 0 Å². The van der Waals surface area contributed by atoms with Crippen molar-refractivity contribution >= 4 is 28.8 Å². The Balaban J connectivity index is 2.08. The second kappa shape index (κ2) is 4.90. The lowest BCUT2D eigenvalue weighted by molar-refractivity contribution is 0.111. The van der Waals surface area contributed by atoms with Crippen LogP contribution in [0.4, 0.5) is 0 Å². The number of aldehydes is 1. The summed E-state index contributed by atoms with van der Waals surface area (Å²) in [6.07, 6.45) is 1.60. The predicted octanol–water partition coefficient (Wildman–Crippen LogP) is 4.22. The smallest absolute Gasteiger partial charge is 0.166 e. The zero-order valence-corrected chi connectivity index (χ0v) is 10.9. The van der Waals surface area contributed by atoms with Crippen molar-refractivity contribution in [3.8, 4) is 0 Å². The summed E-state index contributed by atoms with van der Waals surface area (Å²) in [4.78, 5) is 14.3. The average Bonchev–Trinajstić information content (AvgIpc) is 2.79. The molecule has 3 heteroatoms. The van der Waals surface area contributed by atoms with Gasteiger partial charge in [0, 0.05) is 22.3 Å². The summed E-state index contributed by atoms with van der Waals surface area (Å²) in [6.45, 7) is 0. The molecule has 1 N–H and O–H groups in total. The van der Waals surface area contributed by atoms with Crippen molar-refractivity contribution in [2.24, 2.45) is 0 Å². The predicted molar refractivity (Wildman–Crippen MR) is 77.9 cm³/mol. The van der Waals surface area contributed by atoms with Crippen molar-refractivity contribution in [1.82, 2.24) is 4.98 Å². The Morgan fingerprint density at radius 2 is 1.79 bits per heavy atom. The maximum Gasteiger partial charge on any atom is 0.166 e. The van der Waals surface area contributed by atoms with Crippen LogP contribution in [0.25, 0.3) is 10.9 Å². The minimum atomic E-state index is 0.649. The zero-order chi connectivity index (χ0) is 13.2. The fraction of sp³-hybridized carbons (Fsp3) is 0.0625. The zero-order valence-electron chi connectivity index (χ0n) is 10.2. The summed E-state index contributed by atoms with van der Waals surface area (Å²) >= 11 is 5.88. The lowest BCUT2D eigenvalue weighted by Crippen LogP contribution is -1.92. The van der Waals surface area contributed by atoms with Crippen molar-refractivity contribution in [2.45, 2.75) is 6.42 Å².